The number of nitrogens with zero attached hydrogens (tertiary/aromatic N) is 2. The first-order chi connectivity index (χ1) is 15.7. The molecule has 33 heavy (non-hydrogen) atoms. The summed E-state index contributed by atoms with van der Waals surface area (Å²) in [6, 6.07) is 14.8. The van der Waals surface area contributed by atoms with E-state index in [0.717, 1.165) is 26.2 Å². The van der Waals surface area contributed by atoms with E-state index in [0.29, 0.717) is 5.82 Å². The van der Waals surface area contributed by atoms with E-state index in [2.05, 4.69) is 14.7 Å². The van der Waals surface area contributed by atoms with Crippen LogP contribution >= 0.6 is 11.3 Å². The number of nitrogens with one attached hydrogen (secondary N) is 1. The third-order valence-corrected chi connectivity index (χ3v) is 7.62. The number of aryl methyl sites for hydroxylation is 2. The van der Waals surface area contributed by atoms with E-state index in [9.17, 15) is 13.2 Å². The molecule has 0 aliphatic heterocycles. The third kappa shape index (κ3) is 5.03. The van der Waals surface area contributed by atoms with Gasteiger partial charge in [-0.1, -0.05) is 36.4 Å². The van der Waals surface area contributed by atoms with Gasteiger partial charge in [0.25, 0.3) is 0 Å². The molecule has 8 nitrogen and oxygen atoms in total. The highest BCUT2D eigenvalue weighted by molar-refractivity contribution is 7.89. The van der Waals surface area contributed by atoms with Crippen molar-refractivity contribution in [3.05, 3.63) is 82.0 Å². The number of nitrogen functional groups attached to an aromatic ring is 1. The minimum Gasteiger partial charge on any atom is -0.454 e. The number of rotatable bonds is 7. The molecule has 0 aliphatic rings. The minimum atomic E-state index is -3.81. The van der Waals surface area contributed by atoms with Crippen molar-refractivity contribution in [1.29, 1.82) is 0 Å². The van der Waals surface area contributed by atoms with Gasteiger partial charge in [0.2, 0.25) is 10.0 Å². The maximum Gasteiger partial charge on any atom is 0.338 e. The Balaban J connectivity index is 1.46. The first-order valence-electron chi connectivity index (χ1n) is 10.1. The van der Waals surface area contributed by atoms with E-state index in [1.54, 1.807) is 0 Å². The van der Waals surface area contributed by atoms with E-state index in [-0.39, 0.29) is 29.4 Å². The van der Waals surface area contributed by atoms with Crippen LogP contribution in [0.3, 0.4) is 0 Å². The highest BCUT2D eigenvalue weighted by Gasteiger charge is 2.18. The lowest BCUT2D eigenvalue weighted by atomic mass is 10.2. The normalized spacial score (nSPS) is 11.6. The standard InChI is InChI=1S/C23H22N4O4S2/c1-14-15(2)32-22-20(14)21(24)26-19(27-22)13-31-23(28)17-9-6-10-18(11-17)33(29,30)25-12-16-7-4-3-5-8-16/h3-11,25H,12-13H2,1-2H3,(H2,24,26,27). The van der Waals surface area contributed by atoms with Crippen LogP contribution in [-0.2, 0) is 27.9 Å². The Morgan fingerprint density at radius 3 is 2.61 bits per heavy atom. The summed E-state index contributed by atoms with van der Waals surface area (Å²) >= 11 is 1.50. The van der Waals surface area contributed by atoms with Crippen LogP contribution in [0.4, 0.5) is 5.82 Å². The first kappa shape index (κ1) is 22.8. The number of nitrogens with two attached hydrogens (primary N) is 1. The average molecular weight is 483 g/mol. The summed E-state index contributed by atoms with van der Waals surface area (Å²) < 4.78 is 33.2. The number of ether oxygens (including phenoxy) is 1. The topological polar surface area (TPSA) is 124 Å². The molecular weight excluding hydrogens is 460 g/mol. The van der Waals surface area contributed by atoms with Gasteiger partial charge in [0, 0.05) is 11.4 Å². The van der Waals surface area contributed by atoms with Crippen LogP contribution < -0.4 is 10.5 Å². The number of esters is 1. The molecule has 0 saturated carbocycles. The van der Waals surface area contributed by atoms with Crippen LogP contribution in [0.1, 0.15) is 32.2 Å². The van der Waals surface area contributed by atoms with Crippen molar-refractivity contribution < 1.29 is 17.9 Å². The number of carbonyl (C=O) groups excluding carboxylic acids is 1. The van der Waals surface area contributed by atoms with Gasteiger partial charge in [0.15, 0.2) is 12.4 Å². The predicted octanol–water partition coefficient (Wildman–Crippen LogP) is 3.73. The molecule has 0 bridgehead atoms. The van der Waals surface area contributed by atoms with Gasteiger partial charge in [-0.3, -0.25) is 0 Å². The molecule has 0 radical (unpaired) electrons. The zero-order chi connectivity index (χ0) is 23.6. The summed E-state index contributed by atoms with van der Waals surface area (Å²) in [4.78, 5) is 23.0. The molecule has 0 saturated heterocycles. The number of anilines is 1. The van der Waals surface area contributed by atoms with Gasteiger partial charge in [-0.2, -0.15) is 0 Å². The van der Waals surface area contributed by atoms with Crippen LogP contribution in [0.15, 0.2) is 59.5 Å². The van der Waals surface area contributed by atoms with Crippen LogP contribution in [0, 0.1) is 13.8 Å². The third-order valence-electron chi connectivity index (χ3n) is 5.12. The summed E-state index contributed by atoms with van der Waals surface area (Å²) in [6.07, 6.45) is 0. The first-order valence-corrected chi connectivity index (χ1v) is 12.4. The van der Waals surface area contributed by atoms with Crippen molar-refractivity contribution in [3.8, 4) is 0 Å². The number of aromatic nitrogens is 2. The van der Waals surface area contributed by atoms with E-state index in [1.165, 1.54) is 35.6 Å². The molecule has 0 fully saturated rings. The fraction of sp³-hybridized carbons (Fsp3) is 0.174. The van der Waals surface area contributed by atoms with Gasteiger partial charge in [0.05, 0.1) is 15.8 Å². The summed E-state index contributed by atoms with van der Waals surface area (Å²) in [6.45, 7) is 3.90. The number of hydrogen-bond donors (Lipinski definition) is 2. The summed E-state index contributed by atoms with van der Waals surface area (Å²) in [5, 5.41) is 0.813. The molecule has 0 amide bonds. The number of hydrogen-bond acceptors (Lipinski definition) is 8. The molecule has 4 aromatic rings. The molecular formula is C23H22N4O4S2. The van der Waals surface area contributed by atoms with E-state index in [4.69, 9.17) is 10.5 Å². The Bertz CT molecular complexity index is 1430. The highest BCUT2D eigenvalue weighted by atomic mass is 32.2. The Morgan fingerprint density at radius 1 is 1.09 bits per heavy atom. The maximum absolute atomic E-state index is 12.7. The van der Waals surface area contributed by atoms with Gasteiger partial charge in [-0.05, 0) is 43.2 Å². The maximum atomic E-state index is 12.7. The quantitative estimate of drug-likeness (QED) is 0.385. The van der Waals surface area contributed by atoms with Gasteiger partial charge < -0.3 is 10.5 Å². The van der Waals surface area contributed by atoms with Crippen molar-refractivity contribution >= 4 is 43.4 Å². The van der Waals surface area contributed by atoms with Gasteiger partial charge in [-0.25, -0.2) is 27.9 Å². The lowest BCUT2D eigenvalue weighted by Gasteiger charge is -2.09. The van der Waals surface area contributed by atoms with Crippen LogP contribution in [0.25, 0.3) is 10.2 Å². The zero-order valence-electron chi connectivity index (χ0n) is 18.0. The molecule has 3 N–H and O–H groups in total. The second-order valence-electron chi connectivity index (χ2n) is 7.40. The number of benzene rings is 2. The SMILES string of the molecule is Cc1sc2nc(COC(=O)c3cccc(S(=O)(=O)NCc4ccccc4)c3)nc(N)c2c1C. The number of carbonyl (C=O) groups is 1. The van der Waals surface area contributed by atoms with Crippen LogP contribution in [0.5, 0.6) is 0 Å². The molecule has 170 valence electrons. The highest BCUT2D eigenvalue weighted by Crippen LogP contribution is 2.31. The molecule has 2 heterocycles. The smallest absolute Gasteiger partial charge is 0.338 e. The van der Waals surface area contributed by atoms with Gasteiger partial charge in [0.1, 0.15) is 10.6 Å². The van der Waals surface area contributed by atoms with Crippen LogP contribution in [0.2, 0.25) is 0 Å². The monoisotopic (exact) mass is 482 g/mol. The molecule has 2 aromatic heterocycles. The average Bonchev–Trinajstić information content (AvgIpc) is 3.10. The molecule has 2 aromatic carbocycles. The molecule has 0 aliphatic carbocycles. The molecule has 0 unspecified atom stereocenters. The minimum absolute atomic E-state index is 0.0284. The summed E-state index contributed by atoms with van der Waals surface area (Å²) in [7, 11) is -3.81. The summed E-state index contributed by atoms with van der Waals surface area (Å²) in [5.74, 6) is -0.0655. The zero-order valence-corrected chi connectivity index (χ0v) is 19.7. The van der Waals surface area contributed by atoms with Crippen molar-refractivity contribution in [1.82, 2.24) is 14.7 Å². The van der Waals surface area contributed by atoms with E-state index >= 15 is 0 Å². The Hall–Kier alpha value is -3.34. The van der Waals surface area contributed by atoms with Crippen molar-refractivity contribution in [2.45, 2.75) is 31.9 Å². The molecule has 0 atom stereocenters. The van der Waals surface area contributed by atoms with Gasteiger partial charge in [-0.15, -0.1) is 11.3 Å². The summed E-state index contributed by atoms with van der Waals surface area (Å²) in [5.41, 5.74) is 8.03. The molecule has 0 spiro atoms. The number of thiophene rings is 1. The Morgan fingerprint density at radius 2 is 1.85 bits per heavy atom. The second kappa shape index (κ2) is 9.26. The molecule has 4 rings (SSSR count). The van der Waals surface area contributed by atoms with E-state index < -0.39 is 16.0 Å². The second-order valence-corrected chi connectivity index (χ2v) is 10.4. The fourth-order valence-electron chi connectivity index (χ4n) is 3.25. The number of sulfonamides is 1. The van der Waals surface area contributed by atoms with Crippen LogP contribution in [-0.4, -0.2) is 24.4 Å². The lowest BCUT2D eigenvalue weighted by Crippen LogP contribution is -2.23. The Labute approximate surface area is 195 Å². The lowest BCUT2D eigenvalue weighted by molar-refractivity contribution is 0.0462. The number of fused-ring (bicyclic) bond motifs is 1. The predicted molar refractivity (Wildman–Crippen MR) is 127 cm³/mol. The fourth-order valence-corrected chi connectivity index (χ4v) is 5.37. The Kier molecular flexibility index (Phi) is 6.41. The largest absolute Gasteiger partial charge is 0.454 e. The van der Waals surface area contributed by atoms with Crippen molar-refractivity contribution in [2.75, 3.05) is 5.73 Å². The van der Waals surface area contributed by atoms with Gasteiger partial charge >= 0.3 is 5.97 Å². The molecule has 10 heteroatoms. The van der Waals surface area contributed by atoms with Crippen molar-refractivity contribution in [2.24, 2.45) is 0 Å². The van der Waals surface area contributed by atoms with Crippen molar-refractivity contribution in [3.63, 3.8) is 0 Å². The van der Waals surface area contributed by atoms with E-state index in [1.807, 2.05) is 44.2 Å².